The van der Waals surface area contributed by atoms with Crippen molar-refractivity contribution in [3.8, 4) is 0 Å². The zero-order valence-corrected chi connectivity index (χ0v) is 11.1. The van der Waals surface area contributed by atoms with E-state index in [1.165, 1.54) is 10.9 Å². The van der Waals surface area contributed by atoms with Crippen LogP contribution in [-0.2, 0) is 13.6 Å². The number of hydrogen-bond acceptors (Lipinski definition) is 3. The van der Waals surface area contributed by atoms with Crippen molar-refractivity contribution in [1.29, 1.82) is 0 Å². The molecule has 0 amide bonds. The van der Waals surface area contributed by atoms with Crippen LogP contribution in [0.1, 0.15) is 11.3 Å². The lowest BCUT2D eigenvalue weighted by atomic mass is 10.1. The molecule has 4 heteroatoms. The van der Waals surface area contributed by atoms with Gasteiger partial charge >= 0.3 is 0 Å². The van der Waals surface area contributed by atoms with Crippen molar-refractivity contribution in [2.75, 3.05) is 5.32 Å². The van der Waals surface area contributed by atoms with Crippen molar-refractivity contribution in [2.24, 2.45) is 7.05 Å². The molecule has 0 atom stereocenters. The van der Waals surface area contributed by atoms with E-state index in [9.17, 15) is 0 Å². The number of nitrogens with zero attached hydrogens (tertiary/aromatic N) is 3. The smallest absolute Gasteiger partial charge is 0.0729 e. The third-order valence-electron chi connectivity index (χ3n) is 3.12. The molecule has 3 aromatic rings. The molecule has 96 valence electrons. The van der Waals surface area contributed by atoms with E-state index in [2.05, 4.69) is 33.6 Å². The number of rotatable bonds is 3. The highest BCUT2D eigenvalue weighted by Crippen LogP contribution is 2.19. The van der Waals surface area contributed by atoms with Gasteiger partial charge in [0, 0.05) is 30.9 Å². The molecule has 2 heterocycles. The maximum absolute atomic E-state index is 4.55. The van der Waals surface area contributed by atoms with Crippen LogP contribution in [0.25, 0.3) is 10.9 Å². The van der Waals surface area contributed by atoms with Crippen LogP contribution in [0.2, 0.25) is 0 Å². The highest BCUT2D eigenvalue weighted by molar-refractivity contribution is 5.82. The van der Waals surface area contributed by atoms with Crippen molar-refractivity contribution in [1.82, 2.24) is 14.8 Å². The number of para-hydroxylation sites is 1. The number of anilines is 1. The van der Waals surface area contributed by atoms with Crippen molar-refractivity contribution >= 4 is 16.6 Å². The second-order valence-electron chi connectivity index (χ2n) is 4.70. The monoisotopic (exact) mass is 252 g/mol. The van der Waals surface area contributed by atoms with Crippen LogP contribution >= 0.6 is 0 Å². The number of fused-ring (bicyclic) bond motifs is 1. The Bertz CT molecular complexity index is 715. The number of pyridine rings is 1. The number of benzene rings is 1. The lowest BCUT2D eigenvalue weighted by molar-refractivity contribution is 0.768. The third-order valence-corrected chi connectivity index (χ3v) is 3.12. The van der Waals surface area contributed by atoms with E-state index >= 15 is 0 Å². The van der Waals surface area contributed by atoms with E-state index in [4.69, 9.17) is 0 Å². The molecule has 1 N–H and O–H groups in total. The maximum Gasteiger partial charge on any atom is 0.0729 e. The Balaban J connectivity index is 1.91. The molecule has 0 unspecified atom stereocenters. The van der Waals surface area contributed by atoms with Crippen LogP contribution in [0.5, 0.6) is 0 Å². The Morgan fingerprint density at radius 1 is 1.26 bits per heavy atom. The quantitative estimate of drug-likeness (QED) is 0.779. The standard InChI is InChI=1S/C15H16N4/c1-11-7-12(8-16-13-9-17-19(2)10-13)14-5-3-4-6-15(14)18-11/h3-7,9-10,16H,8H2,1-2H3. The summed E-state index contributed by atoms with van der Waals surface area (Å²) in [6, 6.07) is 10.4. The van der Waals surface area contributed by atoms with Gasteiger partial charge in [0.15, 0.2) is 0 Å². The second-order valence-corrected chi connectivity index (χ2v) is 4.70. The summed E-state index contributed by atoms with van der Waals surface area (Å²) in [5, 5.41) is 8.74. The first-order chi connectivity index (χ1) is 9.22. The van der Waals surface area contributed by atoms with Gasteiger partial charge in [-0.3, -0.25) is 9.67 Å². The van der Waals surface area contributed by atoms with Crippen molar-refractivity contribution < 1.29 is 0 Å². The third kappa shape index (κ3) is 2.42. The molecule has 19 heavy (non-hydrogen) atoms. The molecule has 0 radical (unpaired) electrons. The van der Waals surface area contributed by atoms with Crippen LogP contribution in [-0.4, -0.2) is 14.8 Å². The van der Waals surface area contributed by atoms with Gasteiger partial charge < -0.3 is 5.32 Å². The SMILES string of the molecule is Cc1cc(CNc2cnn(C)c2)c2ccccc2n1. The summed E-state index contributed by atoms with van der Waals surface area (Å²) < 4.78 is 1.79. The Morgan fingerprint density at radius 3 is 2.89 bits per heavy atom. The first-order valence-electron chi connectivity index (χ1n) is 6.30. The summed E-state index contributed by atoms with van der Waals surface area (Å²) in [5.41, 5.74) is 4.38. The van der Waals surface area contributed by atoms with E-state index < -0.39 is 0 Å². The van der Waals surface area contributed by atoms with E-state index in [0.717, 1.165) is 23.4 Å². The molecule has 3 rings (SSSR count). The number of aromatic nitrogens is 3. The molecule has 0 saturated heterocycles. The minimum Gasteiger partial charge on any atom is -0.378 e. The van der Waals surface area contributed by atoms with Gasteiger partial charge in [-0.25, -0.2) is 0 Å². The van der Waals surface area contributed by atoms with E-state index in [1.807, 2.05) is 38.5 Å². The Morgan fingerprint density at radius 2 is 2.11 bits per heavy atom. The van der Waals surface area contributed by atoms with Crippen molar-refractivity contribution in [2.45, 2.75) is 13.5 Å². The Hall–Kier alpha value is -2.36. The minimum absolute atomic E-state index is 0.773. The van der Waals surface area contributed by atoms with Gasteiger partial charge in [0.1, 0.15) is 0 Å². The molecule has 0 fully saturated rings. The molecule has 0 aliphatic rings. The van der Waals surface area contributed by atoms with Gasteiger partial charge in [-0.05, 0) is 24.6 Å². The van der Waals surface area contributed by atoms with Crippen LogP contribution in [0.4, 0.5) is 5.69 Å². The molecule has 0 saturated carbocycles. The predicted molar refractivity (Wildman–Crippen MR) is 77.0 cm³/mol. The highest BCUT2D eigenvalue weighted by Gasteiger charge is 2.04. The predicted octanol–water partition coefficient (Wildman–Crippen LogP) is 2.89. The molecule has 0 aliphatic heterocycles. The number of nitrogens with one attached hydrogen (secondary N) is 1. The van der Waals surface area contributed by atoms with E-state index in [0.29, 0.717) is 0 Å². The molecule has 2 aromatic heterocycles. The summed E-state index contributed by atoms with van der Waals surface area (Å²) in [6.07, 6.45) is 3.80. The minimum atomic E-state index is 0.773. The van der Waals surface area contributed by atoms with Crippen LogP contribution in [0.3, 0.4) is 0 Å². The van der Waals surface area contributed by atoms with Crippen LogP contribution in [0.15, 0.2) is 42.7 Å². The van der Waals surface area contributed by atoms with Gasteiger partial charge in [0.2, 0.25) is 0 Å². The summed E-state index contributed by atoms with van der Waals surface area (Å²) in [5.74, 6) is 0. The van der Waals surface area contributed by atoms with Gasteiger partial charge in [-0.15, -0.1) is 0 Å². The average molecular weight is 252 g/mol. The summed E-state index contributed by atoms with van der Waals surface area (Å²) in [7, 11) is 1.91. The largest absolute Gasteiger partial charge is 0.378 e. The van der Waals surface area contributed by atoms with Crippen LogP contribution < -0.4 is 5.32 Å². The molecular weight excluding hydrogens is 236 g/mol. The topological polar surface area (TPSA) is 42.7 Å². The van der Waals surface area contributed by atoms with Crippen molar-refractivity contribution in [3.05, 3.63) is 54.0 Å². The molecule has 0 spiro atoms. The lowest BCUT2D eigenvalue weighted by Gasteiger charge is -2.08. The lowest BCUT2D eigenvalue weighted by Crippen LogP contribution is -2.01. The Labute approximate surface area is 112 Å². The normalized spacial score (nSPS) is 10.8. The first-order valence-corrected chi connectivity index (χ1v) is 6.30. The fourth-order valence-electron chi connectivity index (χ4n) is 2.25. The molecule has 0 bridgehead atoms. The zero-order valence-electron chi connectivity index (χ0n) is 11.1. The second kappa shape index (κ2) is 4.72. The maximum atomic E-state index is 4.55. The molecular formula is C15H16N4. The Kier molecular flexibility index (Phi) is 2.91. The van der Waals surface area contributed by atoms with Gasteiger partial charge in [0.25, 0.3) is 0 Å². The summed E-state index contributed by atoms with van der Waals surface area (Å²) in [6.45, 7) is 2.80. The van der Waals surface area contributed by atoms with E-state index in [1.54, 1.807) is 4.68 Å². The van der Waals surface area contributed by atoms with Gasteiger partial charge in [-0.1, -0.05) is 18.2 Å². The van der Waals surface area contributed by atoms with Gasteiger partial charge in [-0.2, -0.15) is 5.10 Å². The number of hydrogen-bond donors (Lipinski definition) is 1. The summed E-state index contributed by atoms with van der Waals surface area (Å²) in [4.78, 5) is 4.55. The van der Waals surface area contributed by atoms with Gasteiger partial charge in [0.05, 0.1) is 17.4 Å². The highest BCUT2D eigenvalue weighted by atomic mass is 15.3. The zero-order chi connectivity index (χ0) is 13.2. The van der Waals surface area contributed by atoms with E-state index in [-0.39, 0.29) is 0 Å². The molecule has 0 aliphatic carbocycles. The molecule has 1 aromatic carbocycles. The molecule has 4 nitrogen and oxygen atoms in total. The summed E-state index contributed by atoms with van der Waals surface area (Å²) >= 11 is 0. The average Bonchev–Trinajstić information content (AvgIpc) is 2.81. The van der Waals surface area contributed by atoms with Crippen molar-refractivity contribution in [3.63, 3.8) is 0 Å². The van der Waals surface area contributed by atoms with Crippen LogP contribution in [0, 0.1) is 6.92 Å². The fourth-order valence-corrected chi connectivity index (χ4v) is 2.25. The number of aryl methyl sites for hydroxylation is 2. The fraction of sp³-hybridized carbons (Fsp3) is 0.200. The first kappa shape index (κ1) is 11.7.